The Morgan fingerprint density at radius 2 is 2.12 bits per heavy atom. The molecule has 0 saturated carbocycles. The zero-order valence-electron chi connectivity index (χ0n) is 9.72. The van der Waals surface area contributed by atoms with Crippen LogP contribution >= 0.6 is 0 Å². The molecule has 2 N–H and O–H groups in total. The van der Waals surface area contributed by atoms with Crippen molar-refractivity contribution in [3.8, 4) is 0 Å². The maximum atomic E-state index is 11.5. The monoisotopic (exact) mass is 240 g/mol. The molecule has 1 rings (SSSR count). The zero-order chi connectivity index (χ0) is 12.5. The van der Waals surface area contributed by atoms with Crippen molar-refractivity contribution in [1.82, 2.24) is 4.98 Å². The summed E-state index contributed by atoms with van der Waals surface area (Å²) in [6.07, 6.45) is 1.49. The van der Waals surface area contributed by atoms with Crippen molar-refractivity contribution in [2.45, 2.75) is 0 Å². The summed E-state index contributed by atoms with van der Waals surface area (Å²) in [5.41, 5.74) is 6.01. The second-order valence-corrected chi connectivity index (χ2v) is 3.18. The Balaban J connectivity index is 2.24. The number of nitrogens with two attached hydrogens (primary N) is 1. The molecule has 0 radical (unpaired) electrons. The van der Waals surface area contributed by atoms with Gasteiger partial charge in [-0.05, 0) is 12.1 Å². The first-order valence-electron chi connectivity index (χ1n) is 5.20. The van der Waals surface area contributed by atoms with Crippen molar-refractivity contribution in [2.24, 2.45) is 0 Å². The van der Waals surface area contributed by atoms with Crippen molar-refractivity contribution in [1.29, 1.82) is 0 Å². The number of methoxy groups -OCH3 is 1. The van der Waals surface area contributed by atoms with Gasteiger partial charge in [0, 0.05) is 13.3 Å². The number of nitrogens with zero attached hydrogens (tertiary/aromatic N) is 1. The summed E-state index contributed by atoms with van der Waals surface area (Å²) < 4.78 is 14.9. The first kappa shape index (κ1) is 13.4. The van der Waals surface area contributed by atoms with Crippen LogP contribution in [0.2, 0.25) is 0 Å². The van der Waals surface area contributed by atoms with Crippen LogP contribution in [-0.2, 0) is 14.2 Å². The number of nitrogen functional groups attached to an aromatic ring is 1. The van der Waals surface area contributed by atoms with E-state index in [1.807, 2.05) is 0 Å². The minimum atomic E-state index is -0.543. The number of carbonyl (C=O) groups is 1. The van der Waals surface area contributed by atoms with E-state index in [0.29, 0.717) is 25.5 Å². The fraction of sp³-hybridized carbons (Fsp3) is 0.455. The molecule has 0 aliphatic rings. The van der Waals surface area contributed by atoms with Gasteiger partial charge in [-0.25, -0.2) is 9.78 Å². The molecule has 0 unspecified atom stereocenters. The van der Waals surface area contributed by atoms with Crippen LogP contribution in [0.5, 0.6) is 0 Å². The van der Waals surface area contributed by atoms with Gasteiger partial charge in [-0.2, -0.15) is 0 Å². The van der Waals surface area contributed by atoms with Gasteiger partial charge in [-0.3, -0.25) is 0 Å². The lowest BCUT2D eigenvalue weighted by Gasteiger charge is -2.06. The lowest BCUT2D eigenvalue weighted by atomic mass is 10.3. The molecule has 0 spiro atoms. The Bertz CT molecular complexity index is 357. The van der Waals surface area contributed by atoms with Gasteiger partial charge in [0.2, 0.25) is 0 Å². The summed E-state index contributed by atoms with van der Waals surface area (Å²) in [7, 11) is 1.59. The van der Waals surface area contributed by atoms with E-state index in [-0.39, 0.29) is 12.3 Å². The van der Waals surface area contributed by atoms with E-state index in [0.717, 1.165) is 0 Å². The minimum absolute atomic E-state index is 0.129. The highest BCUT2D eigenvalue weighted by Gasteiger charge is 2.11. The van der Waals surface area contributed by atoms with Crippen molar-refractivity contribution in [3.63, 3.8) is 0 Å². The van der Waals surface area contributed by atoms with Crippen LogP contribution in [0.4, 0.5) is 5.69 Å². The molecule has 0 aromatic carbocycles. The summed E-state index contributed by atoms with van der Waals surface area (Å²) in [4.78, 5) is 15.4. The number of ether oxygens (including phenoxy) is 3. The van der Waals surface area contributed by atoms with Crippen LogP contribution in [0.15, 0.2) is 18.3 Å². The number of esters is 1. The maximum Gasteiger partial charge on any atom is 0.359 e. The van der Waals surface area contributed by atoms with Gasteiger partial charge in [0.1, 0.15) is 6.61 Å². The predicted octanol–water partition coefficient (Wildman–Crippen LogP) is 0.484. The standard InChI is InChI=1S/C11H16N2O4/c1-15-5-6-16-7-8-17-11(14)10-9(12)3-2-4-13-10/h2-4H,5-8,12H2,1H3. The average Bonchev–Trinajstić information content (AvgIpc) is 2.34. The van der Waals surface area contributed by atoms with E-state index in [9.17, 15) is 4.79 Å². The summed E-state index contributed by atoms with van der Waals surface area (Å²) in [6, 6.07) is 3.25. The summed E-state index contributed by atoms with van der Waals surface area (Å²) >= 11 is 0. The van der Waals surface area contributed by atoms with E-state index >= 15 is 0 Å². The lowest BCUT2D eigenvalue weighted by Crippen LogP contribution is -2.14. The fourth-order valence-corrected chi connectivity index (χ4v) is 1.09. The molecule has 1 heterocycles. The van der Waals surface area contributed by atoms with E-state index in [1.54, 1.807) is 19.2 Å². The maximum absolute atomic E-state index is 11.5. The van der Waals surface area contributed by atoms with E-state index in [2.05, 4.69) is 4.98 Å². The third-order valence-corrected chi connectivity index (χ3v) is 1.92. The Hall–Kier alpha value is -1.66. The molecule has 0 bridgehead atoms. The van der Waals surface area contributed by atoms with E-state index in [1.165, 1.54) is 6.20 Å². The summed E-state index contributed by atoms with van der Waals surface area (Å²) in [5.74, 6) is -0.543. The molecule has 6 heteroatoms. The highest BCUT2D eigenvalue weighted by Crippen LogP contribution is 2.07. The second kappa shape index (κ2) is 7.59. The lowest BCUT2D eigenvalue weighted by molar-refractivity contribution is 0.0210. The molecule has 1 aromatic rings. The highest BCUT2D eigenvalue weighted by atomic mass is 16.6. The van der Waals surface area contributed by atoms with Crippen molar-refractivity contribution < 1.29 is 19.0 Å². The average molecular weight is 240 g/mol. The van der Waals surface area contributed by atoms with Gasteiger partial charge in [0.25, 0.3) is 0 Å². The third-order valence-electron chi connectivity index (χ3n) is 1.92. The van der Waals surface area contributed by atoms with Crippen molar-refractivity contribution in [3.05, 3.63) is 24.0 Å². The van der Waals surface area contributed by atoms with E-state index in [4.69, 9.17) is 19.9 Å². The second-order valence-electron chi connectivity index (χ2n) is 3.18. The molecule has 0 amide bonds. The minimum Gasteiger partial charge on any atom is -0.458 e. The van der Waals surface area contributed by atoms with Gasteiger partial charge in [0.15, 0.2) is 5.69 Å². The summed E-state index contributed by atoms with van der Waals surface area (Å²) in [5, 5.41) is 0. The number of hydrogen-bond acceptors (Lipinski definition) is 6. The predicted molar refractivity (Wildman–Crippen MR) is 61.6 cm³/mol. The number of hydrogen-bond donors (Lipinski definition) is 1. The normalized spacial score (nSPS) is 10.2. The Kier molecular flexibility index (Phi) is 5.98. The van der Waals surface area contributed by atoms with Crippen LogP contribution in [-0.4, -0.2) is 44.5 Å². The van der Waals surface area contributed by atoms with Gasteiger partial charge in [-0.1, -0.05) is 0 Å². The summed E-state index contributed by atoms with van der Waals surface area (Å²) in [6.45, 7) is 1.47. The van der Waals surface area contributed by atoms with Crippen molar-refractivity contribution in [2.75, 3.05) is 39.3 Å². The fourth-order valence-electron chi connectivity index (χ4n) is 1.09. The van der Waals surface area contributed by atoms with Crippen LogP contribution in [0.25, 0.3) is 0 Å². The highest BCUT2D eigenvalue weighted by molar-refractivity contribution is 5.92. The number of anilines is 1. The Labute approximate surface area is 99.7 Å². The quantitative estimate of drug-likeness (QED) is 0.551. The van der Waals surface area contributed by atoms with Gasteiger partial charge in [-0.15, -0.1) is 0 Å². The molecule has 94 valence electrons. The molecule has 6 nitrogen and oxygen atoms in total. The van der Waals surface area contributed by atoms with Crippen molar-refractivity contribution >= 4 is 11.7 Å². The van der Waals surface area contributed by atoms with Gasteiger partial charge < -0.3 is 19.9 Å². The third kappa shape index (κ3) is 4.80. The van der Waals surface area contributed by atoms with Gasteiger partial charge >= 0.3 is 5.97 Å². The SMILES string of the molecule is COCCOCCOC(=O)c1ncccc1N. The molecule has 1 aromatic heterocycles. The molecular formula is C11H16N2O4. The first-order valence-corrected chi connectivity index (χ1v) is 5.20. The topological polar surface area (TPSA) is 83.7 Å². The number of pyridine rings is 1. The Morgan fingerprint density at radius 3 is 2.82 bits per heavy atom. The molecule has 0 fully saturated rings. The molecule has 0 saturated heterocycles. The first-order chi connectivity index (χ1) is 8.25. The largest absolute Gasteiger partial charge is 0.458 e. The molecule has 0 atom stereocenters. The number of aromatic nitrogens is 1. The zero-order valence-corrected chi connectivity index (χ0v) is 9.72. The Morgan fingerprint density at radius 1 is 1.35 bits per heavy atom. The molecular weight excluding hydrogens is 224 g/mol. The van der Waals surface area contributed by atoms with Gasteiger partial charge in [0.05, 0.1) is 25.5 Å². The molecule has 0 aliphatic heterocycles. The molecule has 0 aliphatic carbocycles. The van der Waals surface area contributed by atoms with Crippen LogP contribution in [0.3, 0.4) is 0 Å². The van der Waals surface area contributed by atoms with E-state index < -0.39 is 5.97 Å². The molecule has 17 heavy (non-hydrogen) atoms. The van der Waals surface area contributed by atoms with Crippen LogP contribution in [0.1, 0.15) is 10.5 Å². The number of rotatable bonds is 7. The smallest absolute Gasteiger partial charge is 0.359 e. The number of carbonyl (C=O) groups excluding carboxylic acids is 1. The van der Waals surface area contributed by atoms with Crippen LogP contribution < -0.4 is 5.73 Å². The van der Waals surface area contributed by atoms with Crippen LogP contribution in [0, 0.1) is 0 Å².